The molecule has 0 saturated carbocycles. The average molecular weight is 419 g/mol. The Kier molecular flexibility index (Phi) is 9.13. The lowest BCUT2D eigenvalue weighted by Crippen LogP contribution is -2.49. The summed E-state index contributed by atoms with van der Waals surface area (Å²) in [4.78, 5) is 27.4. The van der Waals surface area contributed by atoms with Gasteiger partial charge in [-0.15, -0.1) is 0 Å². The van der Waals surface area contributed by atoms with Gasteiger partial charge in [-0.2, -0.15) is 0 Å². The monoisotopic (exact) mass is 418 g/mol. The lowest BCUT2D eigenvalue weighted by Gasteiger charge is -2.31. The molecule has 1 atom stereocenters. The first-order valence-corrected chi connectivity index (χ1v) is 10.4. The van der Waals surface area contributed by atoms with Gasteiger partial charge >= 0.3 is 0 Å². The molecule has 2 rings (SSSR count). The predicted octanol–water partition coefficient (Wildman–Crippen LogP) is 4.75. The number of carbonyl (C=O) groups excluding carboxylic acids is 2. The topological polar surface area (TPSA) is 49.4 Å². The highest BCUT2D eigenvalue weighted by Gasteiger charge is 2.28. The molecule has 0 spiro atoms. The molecule has 0 heterocycles. The Bertz CT molecular complexity index is 811. The summed E-state index contributed by atoms with van der Waals surface area (Å²) in [6.07, 6.45) is 2.22. The minimum atomic E-state index is -0.623. The Morgan fingerprint density at radius 1 is 1.10 bits per heavy atom. The fourth-order valence-electron chi connectivity index (χ4n) is 3.12. The normalized spacial score (nSPS) is 11.7. The van der Waals surface area contributed by atoms with Gasteiger partial charge in [-0.1, -0.05) is 62.2 Å². The van der Waals surface area contributed by atoms with Gasteiger partial charge in [0, 0.05) is 18.1 Å². The molecule has 0 radical (unpaired) electrons. The van der Waals surface area contributed by atoms with Crippen molar-refractivity contribution in [2.24, 2.45) is 0 Å². The van der Waals surface area contributed by atoms with Crippen molar-refractivity contribution in [3.05, 3.63) is 70.5 Å². The Hall–Kier alpha value is -2.40. The van der Waals surface area contributed by atoms with Crippen molar-refractivity contribution in [3.8, 4) is 0 Å². The smallest absolute Gasteiger partial charge is 0.242 e. The highest BCUT2D eigenvalue weighted by atomic mass is 35.5. The van der Waals surface area contributed by atoms with Gasteiger partial charge < -0.3 is 10.2 Å². The van der Waals surface area contributed by atoms with E-state index in [0.717, 1.165) is 18.4 Å². The number of nitrogens with one attached hydrogen (secondary N) is 1. The van der Waals surface area contributed by atoms with Gasteiger partial charge in [-0.3, -0.25) is 9.59 Å². The molecule has 0 aliphatic rings. The molecule has 0 aromatic heterocycles. The highest BCUT2D eigenvalue weighted by molar-refractivity contribution is 6.30. The number of carbonyl (C=O) groups is 2. The van der Waals surface area contributed by atoms with Crippen LogP contribution in [0.2, 0.25) is 5.02 Å². The molecule has 2 amide bonds. The third-order valence-electron chi connectivity index (χ3n) is 4.78. The van der Waals surface area contributed by atoms with Crippen LogP contribution in [0.4, 0.5) is 4.39 Å². The highest BCUT2D eigenvalue weighted by Crippen LogP contribution is 2.17. The number of hydrogen-bond donors (Lipinski definition) is 1. The summed E-state index contributed by atoms with van der Waals surface area (Å²) in [5, 5.41) is 3.51. The fourth-order valence-corrected chi connectivity index (χ4v) is 3.24. The molecule has 0 aliphatic carbocycles. The van der Waals surface area contributed by atoms with Crippen molar-refractivity contribution >= 4 is 23.4 Å². The van der Waals surface area contributed by atoms with Gasteiger partial charge in [0.1, 0.15) is 11.9 Å². The predicted molar refractivity (Wildman–Crippen MR) is 114 cm³/mol. The molecule has 156 valence electrons. The van der Waals surface area contributed by atoms with E-state index in [-0.39, 0.29) is 24.8 Å². The molecule has 0 aliphatic heterocycles. The number of nitrogens with zero attached hydrogens (tertiary/aromatic N) is 1. The van der Waals surface area contributed by atoms with Crippen LogP contribution in [0, 0.1) is 5.82 Å². The molecule has 6 heteroatoms. The molecule has 1 unspecified atom stereocenters. The van der Waals surface area contributed by atoms with Crippen molar-refractivity contribution in [2.45, 2.75) is 52.1 Å². The summed E-state index contributed by atoms with van der Waals surface area (Å²) >= 11 is 5.96. The lowest BCUT2D eigenvalue weighted by molar-refractivity contribution is -0.141. The number of benzene rings is 2. The van der Waals surface area contributed by atoms with E-state index in [1.807, 2.05) is 26.0 Å². The maximum absolute atomic E-state index is 14.1. The zero-order valence-electron chi connectivity index (χ0n) is 17.0. The van der Waals surface area contributed by atoms with Gasteiger partial charge in [0.05, 0.1) is 6.42 Å². The number of unbranched alkanes of at least 4 members (excludes halogenated alkanes) is 1. The number of amides is 2. The second-order valence-electron chi connectivity index (χ2n) is 6.98. The molecule has 1 N–H and O–H groups in total. The van der Waals surface area contributed by atoms with Gasteiger partial charge in [0.15, 0.2) is 0 Å². The zero-order valence-corrected chi connectivity index (χ0v) is 17.7. The Morgan fingerprint density at radius 3 is 2.41 bits per heavy atom. The Labute approximate surface area is 177 Å². The quantitative estimate of drug-likeness (QED) is 0.566. The van der Waals surface area contributed by atoms with E-state index in [9.17, 15) is 14.0 Å². The van der Waals surface area contributed by atoms with Crippen molar-refractivity contribution in [1.29, 1.82) is 0 Å². The largest absolute Gasteiger partial charge is 0.354 e. The molecule has 2 aromatic rings. The first-order valence-electron chi connectivity index (χ1n) is 10.0. The lowest BCUT2D eigenvalue weighted by atomic mass is 10.1. The van der Waals surface area contributed by atoms with E-state index in [2.05, 4.69) is 5.32 Å². The summed E-state index contributed by atoms with van der Waals surface area (Å²) in [5.41, 5.74) is 1.18. The van der Waals surface area contributed by atoms with Crippen LogP contribution in [-0.4, -0.2) is 29.3 Å². The van der Waals surface area contributed by atoms with Crippen LogP contribution < -0.4 is 5.32 Å². The minimum absolute atomic E-state index is 0.0982. The third kappa shape index (κ3) is 6.86. The summed E-state index contributed by atoms with van der Waals surface area (Å²) in [5.74, 6) is -0.896. The summed E-state index contributed by atoms with van der Waals surface area (Å²) in [6.45, 7) is 4.75. The Morgan fingerprint density at radius 2 is 1.79 bits per heavy atom. The van der Waals surface area contributed by atoms with E-state index in [4.69, 9.17) is 11.6 Å². The molecule has 0 fully saturated rings. The maximum atomic E-state index is 14.1. The number of halogens is 2. The molecule has 2 aromatic carbocycles. The van der Waals surface area contributed by atoms with Gasteiger partial charge in [0.25, 0.3) is 0 Å². The van der Waals surface area contributed by atoms with E-state index in [0.29, 0.717) is 23.6 Å². The summed E-state index contributed by atoms with van der Waals surface area (Å²) < 4.78 is 14.1. The van der Waals surface area contributed by atoms with Crippen LogP contribution in [0.3, 0.4) is 0 Å². The van der Waals surface area contributed by atoms with Crippen LogP contribution in [-0.2, 0) is 22.6 Å². The first kappa shape index (κ1) is 22.9. The van der Waals surface area contributed by atoms with Crippen LogP contribution in [0.1, 0.15) is 44.2 Å². The minimum Gasteiger partial charge on any atom is -0.354 e. The fraction of sp³-hybridized carbons (Fsp3) is 0.391. The van der Waals surface area contributed by atoms with Crippen LogP contribution in [0.25, 0.3) is 0 Å². The summed E-state index contributed by atoms with van der Waals surface area (Å²) in [7, 11) is 0. The molecular weight excluding hydrogens is 391 g/mol. The standard InChI is InChI=1S/C23H28ClFN2O2/c1-3-5-14-26-23(29)21(4-2)27(16-17-10-12-19(24)13-11-17)22(28)15-18-8-6-7-9-20(18)25/h6-13,21H,3-5,14-16H2,1-2H3,(H,26,29). The second-order valence-corrected chi connectivity index (χ2v) is 7.42. The first-order chi connectivity index (χ1) is 14.0. The maximum Gasteiger partial charge on any atom is 0.242 e. The van der Waals surface area contributed by atoms with E-state index in [1.54, 1.807) is 30.3 Å². The third-order valence-corrected chi connectivity index (χ3v) is 5.03. The van der Waals surface area contributed by atoms with Crippen molar-refractivity contribution in [3.63, 3.8) is 0 Å². The second kappa shape index (κ2) is 11.6. The molecule has 0 bridgehead atoms. The van der Waals surface area contributed by atoms with Gasteiger partial charge in [-0.25, -0.2) is 4.39 Å². The van der Waals surface area contributed by atoms with Crippen LogP contribution in [0.15, 0.2) is 48.5 Å². The van der Waals surface area contributed by atoms with Crippen molar-refractivity contribution in [1.82, 2.24) is 10.2 Å². The van der Waals surface area contributed by atoms with E-state index >= 15 is 0 Å². The Balaban J connectivity index is 2.25. The van der Waals surface area contributed by atoms with E-state index < -0.39 is 11.9 Å². The van der Waals surface area contributed by atoms with E-state index in [1.165, 1.54) is 11.0 Å². The molecular formula is C23H28ClFN2O2. The van der Waals surface area contributed by atoms with Gasteiger partial charge in [0.2, 0.25) is 11.8 Å². The average Bonchev–Trinajstić information content (AvgIpc) is 2.71. The van der Waals surface area contributed by atoms with Crippen LogP contribution in [0.5, 0.6) is 0 Å². The zero-order chi connectivity index (χ0) is 21.2. The van der Waals surface area contributed by atoms with Crippen molar-refractivity contribution < 1.29 is 14.0 Å². The summed E-state index contributed by atoms with van der Waals surface area (Å²) in [6, 6.07) is 12.7. The van der Waals surface area contributed by atoms with Crippen LogP contribution >= 0.6 is 11.6 Å². The number of hydrogen-bond acceptors (Lipinski definition) is 2. The van der Waals surface area contributed by atoms with Crippen molar-refractivity contribution in [2.75, 3.05) is 6.54 Å². The number of rotatable bonds is 10. The molecule has 0 saturated heterocycles. The molecule has 4 nitrogen and oxygen atoms in total. The SMILES string of the molecule is CCCCNC(=O)C(CC)N(Cc1ccc(Cl)cc1)C(=O)Cc1ccccc1F. The molecule has 29 heavy (non-hydrogen) atoms. The van der Waals surface area contributed by atoms with Gasteiger partial charge in [-0.05, 0) is 42.2 Å².